The summed E-state index contributed by atoms with van der Waals surface area (Å²) in [5.41, 5.74) is 3.12. The molecule has 92 valence electrons. The van der Waals surface area contributed by atoms with E-state index in [1.807, 2.05) is 24.7 Å². The van der Waals surface area contributed by atoms with Gasteiger partial charge in [0.15, 0.2) is 0 Å². The number of nitrogens with zero attached hydrogens (tertiary/aromatic N) is 3. The largest absolute Gasteiger partial charge is 0.330 e. The molecule has 1 aromatic carbocycles. The number of pyridine rings is 1. The summed E-state index contributed by atoms with van der Waals surface area (Å²) in [7, 11) is 0. The van der Waals surface area contributed by atoms with Crippen LogP contribution in [0, 0.1) is 5.92 Å². The summed E-state index contributed by atoms with van der Waals surface area (Å²) < 4.78 is 3.29. The SMILES string of the molecule is CC(C)Cn1cnc2cnc3cccc(Br)c3c21. The molecule has 0 aliphatic carbocycles. The second kappa shape index (κ2) is 4.35. The Kier molecular flexibility index (Phi) is 2.82. The summed E-state index contributed by atoms with van der Waals surface area (Å²) in [6.45, 7) is 5.39. The number of rotatable bonds is 2. The first kappa shape index (κ1) is 11.7. The first-order valence-electron chi connectivity index (χ1n) is 6.05. The third-order valence-corrected chi connectivity index (χ3v) is 3.64. The Morgan fingerprint density at radius 2 is 2.06 bits per heavy atom. The zero-order valence-electron chi connectivity index (χ0n) is 10.4. The van der Waals surface area contributed by atoms with E-state index in [4.69, 9.17) is 0 Å². The first-order chi connectivity index (χ1) is 8.66. The molecule has 3 rings (SSSR count). The first-order valence-corrected chi connectivity index (χ1v) is 6.84. The molecule has 0 N–H and O–H groups in total. The van der Waals surface area contributed by atoms with Crippen LogP contribution in [0.15, 0.2) is 35.2 Å². The van der Waals surface area contributed by atoms with Crippen LogP contribution >= 0.6 is 15.9 Å². The van der Waals surface area contributed by atoms with Crippen molar-refractivity contribution in [1.29, 1.82) is 0 Å². The van der Waals surface area contributed by atoms with E-state index in [0.29, 0.717) is 5.92 Å². The number of halogens is 1. The predicted octanol–water partition coefficient (Wildman–Crippen LogP) is 4.00. The summed E-state index contributed by atoms with van der Waals surface area (Å²) in [5, 5.41) is 1.15. The normalized spacial score (nSPS) is 11.8. The van der Waals surface area contributed by atoms with Crippen LogP contribution in [0.5, 0.6) is 0 Å². The van der Waals surface area contributed by atoms with Crippen LogP contribution in [0.3, 0.4) is 0 Å². The van der Waals surface area contributed by atoms with Gasteiger partial charge in [-0.2, -0.15) is 0 Å². The number of imidazole rings is 1. The van der Waals surface area contributed by atoms with Gasteiger partial charge in [0.05, 0.1) is 23.6 Å². The smallest absolute Gasteiger partial charge is 0.107 e. The van der Waals surface area contributed by atoms with Gasteiger partial charge in [0.2, 0.25) is 0 Å². The molecule has 0 spiro atoms. The maximum absolute atomic E-state index is 4.46. The van der Waals surface area contributed by atoms with Crippen molar-refractivity contribution in [3.05, 3.63) is 35.2 Å². The van der Waals surface area contributed by atoms with E-state index in [9.17, 15) is 0 Å². The second-order valence-corrected chi connectivity index (χ2v) is 5.77. The van der Waals surface area contributed by atoms with Gasteiger partial charge in [0.1, 0.15) is 5.52 Å². The van der Waals surface area contributed by atoms with Crippen LogP contribution in [0.4, 0.5) is 0 Å². The molecule has 2 aromatic heterocycles. The molecular formula is C14H14BrN3. The molecule has 2 heterocycles. The van der Waals surface area contributed by atoms with Crippen molar-refractivity contribution in [3.63, 3.8) is 0 Å². The van der Waals surface area contributed by atoms with E-state index in [2.05, 4.69) is 50.4 Å². The third-order valence-electron chi connectivity index (χ3n) is 2.98. The van der Waals surface area contributed by atoms with E-state index in [1.54, 1.807) is 0 Å². The summed E-state index contributed by atoms with van der Waals surface area (Å²) in [5.74, 6) is 0.591. The quantitative estimate of drug-likeness (QED) is 0.716. The lowest BCUT2D eigenvalue weighted by Crippen LogP contribution is -2.03. The number of benzene rings is 1. The van der Waals surface area contributed by atoms with Gasteiger partial charge in [-0.1, -0.05) is 35.8 Å². The Morgan fingerprint density at radius 3 is 2.83 bits per heavy atom. The standard InChI is InChI=1S/C14H14BrN3/c1-9(2)7-18-8-17-12-6-16-11-5-3-4-10(15)13(11)14(12)18/h3-6,8-9H,7H2,1-2H3. The highest BCUT2D eigenvalue weighted by atomic mass is 79.9. The maximum Gasteiger partial charge on any atom is 0.107 e. The van der Waals surface area contributed by atoms with Crippen LogP contribution in [-0.4, -0.2) is 14.5 Å². The molecule has 0 saturated carbocycles. The van der Waals surface area contributed by atoms with Gasteiger partial charge < -0.3 is 4.57 Å². The average Bonchev–Trinajstić information content (AvgIpc) is 2.72. The number of fused-ring (bicyclic) bond motifs is 3. The van der Waals surface area contributed by atoms with Crippen molar-refractivity contribution in [3.8, 4) is 0 Å². The van der Waals surface area contributed by atoms with Gasteiger partial charge >= 0.3 is 0 Å². The monoisotopic (exact) mass is 303 g/mol. The average molecular weight is 304 g/mol. The van der Waals surface area contributed by atoms with Gasteiger partial charge in [-0.25, -0.2) is 4.98 Å². The molecule has 0 aliphatic rings. The Labute approximate surface area is 114 Å². The van der Waals surface area contributed by atoms with Crippen LogP contribution in [-0.2, 0) is 6.54 Å². The van der Waals surface area contributed by atoms with Crippen molar-refractivity contribution >= 4 is 37.9 Å². The lowest BCUT2D eigenvalue weighted by Gasteiger charge is -2.09. The molecule has 0 unspecified atom stereocenters. The maximum atomic E-state index is 4.46. The van der Waals surface area contributed by atoms with Crippen LogP contribution in [0.2, 0.25) is 0 Å². The summed E-state index contributed by atoms with van der Waals surface area (Å²) in [6, 6.07) is 6.09. The van der Waals surface area contributed by atoms with Crippen molar-refractivity contribution in [2.45, 2.75) is 20.4 Å². The Morgan fingerprint density at radius 1 is 1.22 bits per heavy atom. The fraction of sp³-hybridized carbons (Fsp3) is 0.286. The van der Waals surface area contributed by atoms with Crippen LogP contribution < -0.4 is 0 Å². The Balaban J connectivity index is 2.40. The molecule has 0 bridgehead atoms. The fourth-order valence-corrected chi connectivity index (χ4v) is 2.82. The highest BCUT2D eigenvalue weighted by molar-refractivity contribution is 9.10. The minimum absolute atomic E-state index is 0.591. The molecule has 0 radical (unpaired) electrons. The lowest BCUT2D eigenvalue weighted by atomic mass is 10.1. The lowest BCUT2D eigenvalue weighted by molar-refractivity contribution is 0.533. The molecule has 4 heteroatoms. The molecule has 0 saturated heterocycles. The Bertz CT molecular complexity index is 715. The number of aromatic nitrogens is 3. The van der Waals surface area contributed by atoms with E-state index in [0.717, 1.165) is 27.4 Å². The zero-order chi connectivity index (χ0) is 12.7. The summed E-state index contributed by atoms with van der Waals surface area (Å²) in [4.78, 5) is 8.90. The summed E-state index contributed by atoms with van der Waals surface area (Å²) >= 11 is 3.62. The summed E-state index contributed by atoms with van der Waals surface area (Å²) in [6.07, 6.45) is 3.76. The van der Waals surface area contributed by atoms with Gasteiger partial charge in [-0.15, -0.1) is 0 Å². The van der Waals surface area contributed by atoms with Crippen molar-refractivity contribution in [2.75, 3.05) is 0 Å². The van der Waals surface area contributed by atoms with E-state index < -0.39 is 0 Å². The minimum Gasteiger partial charge on any atom is -0.330 e. The molecule has 3 aromatic rings. The topological polar surface area (TPSA) is 30.7 Å². The van der Waals surface area contributed by atoms with E-state index >= 15 is 0 Å². The van der Waals surface area contributed by atoms with E-state index in [-0.39, 0.29) is 0 Å². The van der Waals surface area contributed by atoms with Crippen molar-refractivity contribution in [1.82, 2.24) is 14.5 Å². The highest BCUT2D eigenvalue weighted by Gasteiger charge is 2.11. The van der Waals surface area contributed by atoms with Crippen molar-refractivity contribution in [2.24, 2.45) is 5.92 Å². The fourth-order valence-electron chi connectivity index (χ4n) is 2.28. The van der Waals surface area contributed by atoms with Gasteiger partial charge in [0.25, 0.3) is 0 Å². The number of hydrogen-bond donors (Lipinski definition) is 0. The van der Waals surface area contributed by atoms with Gasteiger partial charge in [-0.3, -0.25) is 4.98 Å². The molecular weight excluding hydrogens is 290 g/mol. The third kappa shape index (κ3) is 1.81. The highest BCUT2D eigenvalue weighted by Crippen LogP contribution is 2.29. The molecule has 0 aliphatic heterocycles. The molecule has 0 fully saturated rings. The van der Waals surface area contributed by atoms with Crippen LogP contribution in [0.1, 0.15) is 13.8 Å². The van der Waals surface area contributed by atoms with Crippen molar-refractivity contribution < 1.29 is 0 Å². The van der Waals surface area contributed by atoms with E-state index in [1.165, 1.54) is 5.52 Å². The minimum atomic E-state index is 0.591. The Hall–Kier alpha value is -1.42. The van der Waals surface area contributed by atoms with Gasteiger partial charge in [0, 0.05) is 16.4 Å². The molecule has 18 heavy (non-hydrogen) atoms. The predicted molar refractivity (Wildman–Crippen MR) is 77.6 cm³/mol. The molecule has 0 atom stereocenters. The number of hydrogen-bond acceptors (Lipinski definition) is 2. The van der Waals surface area contributed by atoms with Crippen LogP contribution in [0.25, 0.3) is 21.9 Å². The van der Waals surface area contributed by atoms with Gasteiger partial charge in [-0.05, 0) is 18.1 Å². The zero-order valence-corrected chi connectivity index (χ0v) is 12.0. The second-order valence-electron chi connectivity index (χ2n) is 4.92. The molecule has 0 amide bonds. The molecule has 3 nitrogen and oxygen atoms in total.